The van der Waals surface area contributed by atoms with Crippen LogP contribution >= 0.6 is 11.3 Å². The van der Waals surface area contributed by atoms with Crippen LogP contribution in [0.4, 0.5) is 11.4 Å². The second-order valence-corrected chi connectivity index (χ2v) is 4.98. The van der Waals surface area contributed by atoms with Gasteiger partial charge in [0.1, 0.15) is 0 Å². The van der Waals surface area contributed by atoms with Crippen LogP contribution in [0.15, 0.2) is 29.9 Å². The Labute approximate surface area is 103 Å². The van der Waals surface area contributed by atoms with Crippen LogP contribution in [0, 0.1) is 0 Å². The van der Waals surface area contributed by atoms with Crippen LogP contribution < -0.4 is 10.6 Å². The lowest BCUT2D eigenvalue weighted by molar-refractivity contribution is -0.117. The quantitative estimate of drug-likeness (QED) is 0.821. The van der Waals surface area contributed by atoms with Crippen molar-refractivity contribution in [1.82, 2.24) is 4.98 Å². The topological polar surface area (TPSA) is 59.2 Å². The van der Waals surface area contributed by atoms with Gasteiger partial charge < -0.3 is 10.6 Å². The molecule has 5 heteroatoms. The maximum atomic E-state index is 11.9. The Morgan fingerprint density at radius 1 is 1.47 bits per heavy atom. The van der Waals surface area contributed by atoms with Crippen molar-refractivity contribution >= 4 is 28.6 Å². The van der Waals surface area contributed by atoms with Crippen molar-refractivity contribution in [2.24, 2.45) is 0 Å². The van der Waals surface area contributed by atoms with E-state index in [0.29, 0.717) is 18.7 Å². The van der Waals surface area contributed by atoms with Gasteiger partial charge in [0.15, 0.2) is 0 Å². The third-order valence-corrected chi connectivity index (χ3v) is 3.60. The highest BCUT2D eigenvalue weighted by atomic mass is 32.1. The molecular weight excluding hydrogens is 234 g/mol. The van der Waals surface area contributed by atoms with Gasteiger partial charge in [-0.25, -0.2) is 0 Å². The number of fused-ring (bicyclic) bond motifs is 1. The number of nitrogen functional groups attached to an aromatic ring is 1. The van der Waals surface area contributed by atoms with Crippen LogP contribution in [-0.4, -0.2) is 10.9 Å². The first-order chi connectivity index (χ1) is 8.24. The number of nitrogens with two attached hydrogens (primary N) is 1. The predicted molar refractivity (Wildman–Crippen MR) is 67.9 cm³/mol. The van der Waals surface area contributed by atoms with E-state index in [4.69, 9.17) is 5.73 Å². The number of carbonyl (C=O) groups excluding carboxylic acids is 1. The molecule has 2 heterocycles. The Morgan fingerprint density at radius 3 is 3.12 bits per heavy atom. The van der Waals surface area contributed by atoms with Crippen molar-refractivity contribution in [3.05, 3.63) is 40.3 Å². The minimum Gasteiger partial charge on any atom is -0.399 e. The van der Waals surface area contributed by atoms with E-state index in [9.17, 15) is 4.79 Å². The van der Waals surface area contributed by atoms with Crippen molar-refractivity contribution in [3.63, 3.8) is 0 Å². The number of anilines is 2. The average Bonchev–Trinajstić information content (AvgIpc) is 2.88. The van der Waals surface area contributed by atoms with E-state index in [0.717, 1.165) is 16.1 Å². The summed E-state index contributed by atoms with van der Waals surface area (Å²) in [6.45, 7) is 0.598. The van der Waals surface area contributed by atoms with Gasteiger partial charge in [0.25, 0.3) is 0 Å². The molecule has 86 valence electrons. The van der Waals surface area contributed by atoms with Crippen molar-refractivity contribution in [2.75, 3.05) is 10.6 Å². The summed E-state index contributed by atoms with van der Waals surface area (Å²) in [5, 5.41) is 0. The summed E-state index contributed by atoms with van der Waals surface area (Å²) in [5.41, 5.74) is 10.2. The number of benzene rings is 1. The molecule has 0 aliphatic carbocycles. The lowest BCUT2D eigenvalue weighted by Crippen LogP contribution is -2.25. The lowest BCUT2D eigenvalue weighted by atomic mass is 10.1. The summed E-state index contributed by atoms with van der Waals surface area (Å²) in [4.78, 5) is 18.8. The molecule has 1 amide bonds. The van der Waals surface area contributed by atoms with Crippen LogP contribution in [0.3, 0.4) is 0 Å². The van der Waals surface area contributed by atoms with Crippen LogP contribution in [0.25, 0.3) is 0 Å². The third kappa shape index (κ3) is 1.78. The SMILES string of the molecule is Nc1ccc2c(c1)CC(=O)N2Cc1cncs1. The molecule has 0 saturated carbocycles. The molecule has 0 unspecified atom stereocenters. The molecule has 0 fully saturated rings. The van der Waals surface area contributed by atoms with Gasteiger partial charge in [0.05, 0.1) is 18.5 Å². The van der Waals surface area contributed by atoms with Gasteiger partial charge >= 0.3 is 0 Å². The molecule has 0 radical (unpaired) electrons. The van der Waals surface area contributed by atoms with Gasteiger partial charge in [-0.2, -0.15) is 0 Å². The lowest BCUT2D eigenvalue weighted by Gasteiger charge is -2.16. The maximum absolute atomic E-state index is 11.9. The maximum Gasteiger partial charge on any atom is 0.231 e. The summed E-state index contributed by atoms with van der Waals surface area (Å²) in [5.74, 6) is 0.124. The second kappa shape index (κ2) is 3.85. The first-order valence-corrected chi connectivity index (χ1v) is 6.18. The Morgan fingerprint density at radius 2 is 2.35 bits per heavy atom. The molecule has 1 aliphatic rings. The normalized spacial score (nSPS) is 14.1. The minimum atomic E-state index is 0.124. The van der Waals surface area contributed by atoms with E-state index in [2.05, 4.69) is 4.98 Å². The minimum absolute atomic E-state index is 0.124. The Bertz CT molecular complexity index is 565. The fraction of sp³-hybridized carbons (Fsp3) is 0.167. The largest absolute Gasteiger partial charge is 0.399 e. The van der Waals surface area contributed by atoms with Gasteiger partial charge in [0, 0.05) is 22.4 Å². The molecule has 0 bridgehead atoms. The zero-order chi connectivity index (χ0) is 11.8. The standard InChI is InChI=1S/C12H11N3OS/c13-9-1-2-11-8(3-9)4-12(16)15(11)6-10-5-14-7-17-10/h1-3,5,7H,4,6,13H2. The first-order valence-electron chi connectivity index (χ1n) is 5.30. The first kappa shape index (κ1) is 10.3. The molecule has 17 heavy (non-hydrogen) atoms. The van der Waals surface area contributed by atoms with E-state index in [1.165, 1.54) is 0 Å². The number of nitrogens with zero attached hydrogens (tertiary/aromatic N) is 2. The van der Waals surface area contributed by atoms with Crippen molar-refractivity contribution in [2.45, 2.75) is 13.0 Å². The van der Waals surface area contributed by atoms with Crippen molar-refractivity contribution in [1.29, 1.82) is 0 Å². The molecule has 1 aliphatic heterocycles. The van der Waals surface area contributed by atoms with E-state index < -0.39 is 0 Å². The smallest absolute Gasteiger partial charge is 0.231 e. The monoisotopic (exact) mass is 245 g/mol. The van der Waals surface area contributed by atoms with Crippen LogP contribution in [0.2, 0.25) is 0 Å². The summed E-state index contributed by atoms with van der Waals surface area (Å²) < 4.78 is 0. The van der Waals surface area contributed by atoms with Gasteiger partial charge in [-0.3, -0.25) is 9.78 Å². The van der Waals surface area contributed by atoms with E-state index in [-0.39, 0.29) is 5.91 Å². The number of aromatic nitrogens is 1. The fourth-order valence-corrected chi connectivity index (χ4v) is 2.63. The van der Waals surface area contributed by atoms with Crippen molar-refractivity contribution in [3.8, 4) is 0 Å². The van der Waals surface area contributed by atoms with E-state index >= 15 is 0 Å². The van der Waals surface area contributed by atoms with Crippen molar-refractivity contribution < 1.29 is 4.79 Å². The number of carbonyl (C=O) groups is 1. The van der Waals surface area contributed by atoms with Crippen LogP contribution in [0.5, 0.6) is 0 Å². The van der Waals surface area contributed by atoms with Gasteiger partial charge in [-0.15, -0.1) is 11.3 Å². The van der Waals surface area contributed by atoms with Gasteiger partial charge in [0.2, 0.25) is 5.91 Å². The molecule has 4 nitrogen and oxygen atoms in total. The summed E-state index contributed by atoms with van der Waals surface area (Å²) >= 11 is 1.56. The number of amides is 1. The number of hydrogen-bond acceptors (Lipinski definition) is 4. The average molecular weight is 245 g/mol. The highest BCUT2D eigenvalue weighted by molar-refractivity contribution is 7.09. The van der Waals surface area contributed by atoms with Gasteiger partial charge in [-0.1, -0.05) is 0 Å². The Kier molecular flexibility index (Phi) is 2.33. The highest BCUT2D eigenvalue weighted by Gasteiger charge is 2.27. The zero-order valence-corrected chi connectivity index (χ0v) is 9.91. The predicted octanol–water partition coefficient (Wildman–Crippen LogP) is 1.81. The molecule has 0 saturated heterocycles. The molecule has 2 aromatic rings. The molecule has 0 atom stereocenters. The fourth-order valence-electron chi connectivity index (χ4n) is 2.05. The summed E-state index contributed by atoms with van der Waals surface area (Å²) in [6, 6.07) is 5.62. The third-order valence-electron chi connectivity index (χ3n) is 2.83. The number of rotatable bonds is 2. The summed E-state index contributed by atoms with van der Waals surface area (Å²) in [7, 11) is 0. The van der Waals surface area contributed by atoms with Crippen LogP contribution in [0.1, 0.15) is 10.4 Å². The van der Waals surface area contributed by atoms with E-state index in [1.807, 2.05) is 18.2 Å². The highest BCUT2D eigenvalue weighted by Crippen LogP contribution is 2.32. The zero-order valence-electron chi connectivity index (χ0n) is 9.09. The molecule has 0 spiro atoms. The van der Waals surface area contributed by atoms with Gasteiger partial charge in [-0.05, 0) is 23.8 Å². The molecule has 2 N–H and O–H groups in total. The number of thiazole rings is 1. The molecule has 1 aromatic carbocycles. The molecule has 3 rings (SSSR count). The Hall–Kier alpha value is -1.88. The van der Waals surface area contributed by atoms with Crippen LogP contribution in [-0.2, 0) is 17.8 Å². The Balaban J connectivity index is 1.94. The second-order valence-electron chi connectivity index (χ2n) is 4.01. The molecular formula is C12H11N3OS. The van der Waals surface area contributed by atoms with E-state index in [1.54, 1.807) is 27.9 Å². The number of hydrogen-bond donors (Lipinski definition) is 1. The summed E-state index contributed by atoms with van der Waals surface area (Å²) in [6.07, 6.45) is 2.24. The molecule has 1 aromatic heterocycles.